The number of non-ortho nitro benzene ring substituents is 1. The highest BCUT2D eigenvalue weighted by atomic mass is 16.6. The minimum atomic E-state index is -1.18. The summed E-state index contributed by atoms with van der Waals surface area (Å²) in [5.74, 6) is -1.18. The van der Waals surface area contributed by atoms with Gasteiger partial charge in [0, 0.05) is 23.4 Å². The van der Waals surface area contributed by atoms with E-state index in [1.165, 1.54) is 12.1 Å². The molecule has 0 radical (unpaired) electrons. The molecule has 0 fully saturated rings. The molecular weight excluding hydrogens is 248 g/mol. The summed E-state index contributed by atoms with van der Waals surface area (Å²) in [6.45, 7) is 5.96. The number of nitrogens with zero attached hydrogens (tertiary/aromatic N) is 1. The smallest absolute Gasteiger partial charge is 0.338 e. The zero-order valence-corrected chi connectivity index (χ0v) is 11.3. The number of nitro groups is 1. The second-order valence-corrected chi connectivity index (χ2v) is 5.05. The number of carbonyl (C=O) groups is 1. The highest BCUT2D eigenvalue weighted by Crippen LogP contribution is 2.26. The van der Waals surface area contributed by atoms with Crippen LogP contribution < -0.4 is 5.32 Å². The molecular formula is C13H18N2O4. The Morgan fingerprint density at radius 3 is 2.58 bits per heavy atom. The van der Waals surface area contributed by atoms with Crippen molar-refractivity contribution in [3.63, 3.8) is 0 Å². The summed E-state index contributed by atoms with van der Waals surface area (Å²) in [6, 6.07) is 3.82. The fourth-order valence-corrected chi connectivity index (χ4v) is 1.98. The van der Waals surface area contributed by atoms with E-state index in [4.69, 9.17) is 5.11 Å². The Hall–Kier alpha value is -2.11. The third-order valence-electron chi connectivity index (χ3n) is 2.79. The lowest BCUT2D eigenvalue weighted by Crippen LogP contribution is -2.31. The number of hydrogen-bond donors (Lipinski definition) is 2. The predicted molar refractivity (Wildman–Crippen MR) is 72.7 cm³/mol. The van der Waals surface area contributed by atoms with E-state index >= 15 is 0 Å². The topological polar surface area (TPSA) is 92.5 Å². The second-order valence-electron chi connectivity index (χ2n) is 5.05. The molecule has 0 spiro atoms. The van der Waals surface area contributed by atoms with Crippen molar-refractivity contribution in [1.29, 1.82) is 0 Å². The second kappa shape index (κ2) is 5.69. The summed E-state index contributed by atoms with van der Waals surface area (Å²) >= 11 is 0. The maximum Gasteiger partial charge on any atom is 0.338 e. The highest BCUT2D eigenvalue weighted by molar-refractivity contribution is 5.95. The molecule has 0 aromatic heterocycles. The number of aromatic carboxylic acids is 1. The Balaban J connectivity index is 3.14. The third-order valence-corrected chi connectivity index (χ3v) is 2.79. The normalized spacial score (nSPS) is 11.1. The molecule has 6 heteroatoms. The van der Waals surface area contributed by atoms with E-state index in [-0.39, 0.29) is 16.8 Å². The Labute approximate surface area is 111 Å². The van der Waals surface area contributed by atoms with E-state index < -0.39 is 10.9 Å². The van der Waals surface area contributed by atoms with Crippen LogP contribution in [0, 0.1) is 10.1 Å². The molecule has 0 bridgehead atoms. The number of anilines is 1. The van der Waals surface area contributed by atoms with E-state index in [0.717, 1.165) is 18.9 Å². The summed E-state index contributed by atoms with van der Waals surface area (Å²) in [6.07, 6.45) is 1.82. The maximum atomic E-state index is 11.2. The molecule has 0 aliphatic carbocycles. The molecule has 6 nitrogen and oxygen atoms in total. The van der Waals surface area contributed by atoms with Gasteiger partial charge in [-0.2, -0.15) is 0 Å². The molecule has 0 amide bonds. The summed E-state index contributed by atoms with van der Waals surface area (Å²) in [4.78, 5) is 21.2. The van der Waals surface area contributed by atoms with Crippen molar-refractivity contribution in [3.05, 3.63) is 33.9 Å². The number of benzene rings is 1. The Morgan fingerprint density at radius 2 is 2.11 bits per heavy atom. The van der Waals surface area contributed by atoms with Crippen molar-refractivity contribution >= 4 is 17.3 Å². The van der Waals surface area contributed by atoms with Gasteiger partial charge in [0.2, 0.25) is 0 Å². The fraction of sp³-hybridized carbons (Fsp3) is 0.462. The van der Waals surface area contributed by atoms with E-state index in [9.17, 15) is 14.9 Å². The number of carboxylic acid groups (broad SMARTS) is 1. The van der Waals surface area contributed by atoms with Gasteiger partial charge < -0.3 is 10.4 Å². The van der Waals surface area contributed by atoms with Crippen molar-refractivity contribution < 1.29 is 14.8 Å². The Morgan fingerprint density at radius 1 is 1.47 bits per heavy atom. The first-order chi connectivity index (χ1) is 8.76. The van der Waals surface area contributed by atoms with Gasteiger partial charge in [-0.05, 0) is 26.3 Å². The third kappa shape index (κ3) is 3.94. The molecule has 19 heavy (non-hydrogen) atoms. The van der Waals surface area contributed by atoms with Crippen LogP contribution in [0.15, 0.2) is 18.2 Å². The number of rotatable bonds is 6. The molecule has 0 saturated heterocycles. The van der Waals surface area contributed by atoms with Crippen LogP contribution in [0.1, 0.15) is 44.0 Å². The van der Waals surface area contributed by atoms with Gasteiger partial charge in [-0.25, -0.2) is 4.79 Å². The average Bonchev–Trinajstić information content (AvgIpc) is 2.27. The van der Waals surface area contributed by atoms with E-state index in [0.29, 0.717) is 5.69 Å². The van der Waals surface area contributed by atoms with Crippen molar-refractivity contribution in [2.24, 2.45) is 0 Å². The summed E-state index contributed by atoms with van der Waals surface area (Å²) in [7, 11) is 0. The monoisotopic (exact) mass is 266 g/mol. The number of nitrogens with one attached hydrogen (secondary N) is 1. The number of hydrogen-bond acceptors (Lipinski definition) is 4. The summed E-state index contributed by atoms with van der Waals surface area (Å²) < 4.78 is 0. The average molecular weight is 266 g/mol. The van der Waals surface area contributed by atoms with Crippen LogP contribution in [0.4, 0.5) is 11.4 Å². The van der Waals surface area contributed by atoms with Gasteiger partial charge in [0.05, 0.1) is 10.5 Å². The quantitative estimate of drug-likeness (QED) is 0.608. The molecule has 0 atom stereocenters. The van der Waals surface area contributed by atoms with Crippen molar-refractivity contribution in [2.75, 3.05) is 5.32 Å². The van der Waals surface area contributed by atoms with Gasteiger partial charge in [-0.3, -0.25) is 10.1 Å². The molecule has 1 rings (SSSR count). The first kappa shape index (κ1) is 14.9. The van der Waals surface area contributed by atoms with Crippen LogP contribution >= 0.6 is 0 Å². The van der Waals surface area contributed by atoms with E-state index in [2.05, 4.69) is 5.32 Å². The standard InChI is InChI=1S/C13H18N2O4/c1-4-7-13(2,3)14-11-6-5-9(15(18)19)8-10(11)12(16)17/h5-6,8,14H,4,7H2,1-3H3,(H,16,17). The van der Waals surface area contributed by atoms with Gasteiger partial charge in [0.1, 0.15) is 0 Å². The zero-order chi connectivity index (χ0) is 14.6. The molecule has 104 valence electrons. The molecule has 0 aliphatic rings. The van der Waals surface area contributed by atoms with Gasteiger partial charge in [-0.1, -0.05) is 13.3 Å². The SMILES string of the molecule is CCCC(C)(C)Nc1ccc([N+](=O)[O-])cc1C(=O)O. The lowest BCUT2D eigenvalue weighted by Gasteiger charge is -2.27. The van der Waals surface area contributed by atoms with Gasteiger partial charge >= 0.3 is 5.97 Å². The Kier molecular flexibility index (Phi) is 4.47. The maximum absolute atomic E-state index is 11.2. The lowest BCUT2D eigenvalue weighted by molar-refractivity contribution is -0.384. The fourth-order valence-electron chi connectivity index (χ4n) is 1.98. The first-order valence-corrected chi connectivity index (χ1v) is 6.07. The molecule has 0 aliphatic heterocycles. The van der Waals surface area contributed by atoms with Crippen molar-refractivity contribution in [1.82, 2.24) is 0 Å². The largest absolute Gasteiger partial charge is 0.478 e. The van der Waals surface area contributed by atoms with Crippen LogP contribution in [-0.2, 0) is 0 Å². The van der Waals surface area contributed by atoms with Crippen molar-refractivity contribution in [3.8, 4) is 0 Å². The van der Waals surface area contributed by atoms with Crippen LogP contribution in [0.2, 0.25) is 0 Å². The predicted octanol–water partition coefficient (Wildman–Crippen LogP) is 3.28. The summed E-state index contributed by atoms with van der Waals surface area (Å²) in [5, 5.41) is 22.9. The number of nitro benzene ring substituents is 1. The van der Waals surface area contributed by atoms with Crippen LogP contribution in [-0.4, -0.2) is 21.5 Å². The van der Waals surface area contributed by atoms with E-state index in [1.54, 1.807) is 0 Å². The van der Waals surface area contributed by atoms with Gasteiger partial charge in [0.25, 0.3) is 5.69 Å². The lowest BCUT2D eigenvalue weighted by atomic mass is 9.97. The van der Waals surface area contributed by atoms with Gasteiger partial charge in [-0.15, -0.1) is 0 Å². The molecule has 0 unspecified atom stereocenters. The molecule has 0 heterocycles. The van der Waals surface area contributed by atoms with Crippen LogP contribution in [0.25, 0.3) is 0 Å². The van der Waals surface area contributed by atoms with Crippen LogP contribution in [0.3, 0.4) is 0 Å². The van der Waals surface area contributed by atoms with E-state index in [1.807, 2.05) is 20.8 Å². The molecule has 1 aromatic rings. The van der Waals surface area contributed by atoms with Crippen LogP contribution in [0.5, 0.6) is 0 Å². The van der Waals surface area contributed by atoms with Crippen molar-refractivity contribution in [2.45, 2.75) is 39.2 Å². The number of carboxylic acids is 1. The van der Waals surface area contributed by atoms with Gasteiger partial charge in [0.15, 0.2) is 0 Å². The minimum Gasteiger partial charge on any atom is -0.478 e. The zero-order valence-electron chi connectivity index (χ0n) is 11.3. The Bertz CT molecular complexity index is 497. The summed E-state index contributed by atoms with van der Waals surface area (Å²) in [5.41, 5.74) is -0.180. The molecule has 1 aromatic carbocycles. The highest BCUT2D eigenvalue weighted by Gasteiger charge is 2.21. The molecule has 2 N–H and O–H groups in total. The first-order valence-electron chi connectivity index (χ1n) is 6.07. The molecule has 0 saturated carbocycles. The minimum absolute atomic E-state index is 0.0848.